The van der Waals surface area contributed by atoms with Gasteiger partial charge in [0.1, 0.15) is 5.69 Å². The highest BCUT2D eigenvalue weighted by atomic mass is 16.2. The predicted molar refractivity (Wildman–Crippen MR) is 81.7 cm³/mol. The van der Waals surface area contributed by atoms with Gasteiger partial charge in [0.2, 0.25) is 5.78 Å². The minimum atomic E-state index is -0.435. The second kappa shape index (κ2) is 6.76. The number of ketones is 1. The monoisotopic (exact) mass is 296 g/mol. The Balaban J connectivity index is 0.000000847. The second-order valence-corrected chi connectivity index (χ2v) is 4.38. The van der Waals surface area contributed by atoms with E-state index in [-0.39, 0.29) is 18.0 Å². The molecule has 3 rings (SSSR count). The highest BCUT2D eigenvalue weighted by Crippen LogP contribution is 2.22. The number of hydrogen-bond donors (Lipinski definition) is 0. The van der Waals surface area contributed by atoms with Gasteiger partial charge in [-0.15, -0.1) is 0 Å². The van der Waals surface area contributed by atoms with Crippen molar-refractivity contribution >= 4 is 17.6 Å². The molecule has 22 heavy (non-hydrogen) atoms. The number of Topliss-reactive ketones (excluding diaryl/α,β-unsaturated/α-hetero) is 1. The van der Waals surface area contributed by atoms with Crippen molar-refractivity contribution in [3.63, 3.8) is 0 Å². The van der Waals surface area contributed by atoms with Crippen molar-refractivity contribution < 1.29 is 14.4 Å². The van der Waals surface area contributed by atoms with Crippen molar-refractivity contribution in [2.45, 2.75) is 13.8 Å². The van der Waals surface area contributed by atoms with E-state index in [4.69, 9.17) is 0 Å². The summed E-state index contributed by atoms with van der Waals surface area (Å²) in [5.41, 5.74) is 0.918. The Labute approximate surface area is 128 Å². The standard InChI is InChI=1S/C15H10N2O3.C2H6/c18-13(12-7-3-4-8-16-12)9-17-14(19)10-5-1-2-6-11(10)15(17)20;1-2/h1-8H,9H2;1-2H3. The van der Waals surface area contributed by atoms with Crippen LogP contribution in [0.25, 0.3) is 0 Å². The number of amides is 2. The molecule has 0 saturated heterocycles. The molecule has 0 spiro atoms. The third kappa shape index (κ3) is 2.79. The molecule has 2 amide bonds. The topological polar surface area (TPSA) is 67.3 Å². The van der Waals surface area contributed by atoms with Crippen molar-refractivity contribution in [1.82, 2.24) is 9.88 Å². The van der Waals surface area contributed by atoms with E-state index in [1.807, 2.05) is 13.8 Å². The Bertz CT molecular complexity index is 676. The van der Waals surface area contributed by atoms with Gasteiger partial charge >= 0.3 is 0 Å². The van der Waals surface area contributed by atoms with E-state index in [1.54, 1.807) is 42.5 Å². The summed E-state index contributed by atoms with van der Waals surface area (Å²) in [5.74, 6) is -1.23. The molecule has 0 unspecified atom stereocenters. The Morgan fingerprint density at radius 3 is 2.00 bits per heavy atom. The predicted octanol–water partition coefficient (Wildman–Crippen LogP) is 2.59. The number of benzene rings is 1. The number of rotatable bonds is 3. The van der Waals surface area contributed by atoms with E-state index < -0.39 is 11.8 Å². The molecule has 5 heteroatoms. The van der Waals surface area contributed by atoms with Gasteiger partial charge in [-0.1, -0.05) is 32.0 Å². The van der Waals surface area contributed by atoms with Crippen molar-refractivity contribution in [2.24, 2.45) is 0 Å². The van der Waals surface area contributed by atoms with E-state index in [9.17, 15) is 14.4 Å². The van der Waals surface area contributed by atoms with Crippen LogP contribution in [0.2, 0.25) is 0 Å². The summed E-state index contributed by atoms with van der Waals surface area (Å²) in [5, 5.41) is 0. The van der Waals surface area contributed by atoms with Gasteiger partial charge in [-0.3, -0.25) is 24.3 Å². The zero-order chi connectivity index (χ0) is 16.1. The molecule has 2 heterocycles. The zero-order valence-electron chi connectivity index (χ0n) is 12.4. The molecule has 2 aromatic rings. The summed E-state index contributed by atoms with van der Waals surface area (Å²) < 4.78 is 0. The van der Waals surface area contributed by atoms with Crippen LogP contribution in [0.1, 0.15) is 45.1 Å². The molecule has 0 aliphatic carbocycles. The molecule has 1 aliphatic rings. The average molecular weight is 296 g/mol. The van der Waals surface area contributed by atoms with Gasteiger partial charge in [0.15, 0.2) is 0 Å². The summed E-state index contributed by atoms with van der Waals surface area (Å²) in [6.45, 7) is 3.71. The quantitative estimate of drug-likeness (QED) is 0.645. The van der Waals surface area contributed by atoms with Gasteiger partial charge in [0.05, 0.1) is 17.7 Å². The average Bonchev–Trinajstić information content (AvgIpc) is 2.83. The second-order valence-electron chi connectivity index (χ2n) is 4.38. The van der Waals surface area contributed by atoms with Crippen molar-refractivity contribution in [3.8, 4) is 0 Å². The van der Waals surface area contributed by atoms with E-state index in [2.05, 4.69) is 4.98 Å². The molecular formula is C17H16N2O3. The van der Waals surface area contributed by atoms with E-state index in [0.717, 1.165) is 4.90 Å². The molecule has 1 aromatic heterocycles. The molecule has 112 valence electrons. The third-order valence-electron chi connectivity index (χ3n) is 3.13. The first kappa shape index (κ1) is 15.6. The Hall–Kier alpha value is -2.82. The van der Waals surface area contributed by atoms with E-state index in [0.29, 0.717) is 11.1 Å². The smallest absolute Gasteiger partial charge is 0.261 e. The SMILES string of the molecule is CC.O=C(CN1C(=O)c2ccccc2C1=O)c1ccccn1. The fourth-order valence-corrected chi connectivity index (χ4v) is 2.14. The summed E-state index contributed by atoms with van der Waals surface area (Å²) in [7, 11) is 0. The fourth-order valence-electron chi connectivity index (χ4n) is 2.14. The van der Waals surface area contributed by atoms with Gasteiger partial charge in [0, 0.05) is 6.20 Å². The largest absolute Gasteiger partial charge is 0.290 e. The maximum atomic E-state index is 12.1. The third-order valence-corrected chi connectivity index (χ3v) is 3.13. The number of aromatic nitrogens is 1. The maximum absolute atomic E-state index is 12.1. The first-order valence-electron chi connectivity index (χ1n) is 7.08. The van der Waals surface area contributed by atoms with Crippen molar-refractivity contribution in [3.05, 3.63) is 65.5 Å². The number of hydrogen-bond acceptors (Lipinski definition) is 4. The first-order chi connectivity index (χ1) is 10.7. The number of fused-ring (bicyclic) bond motifs is 1. The molecule has 0 radical (unpaired) electrons. The van der Waals surface area contributed by atoms with Gasteiger partial charge < -0.3 is 0 Å². The molecule has 1 aliphatic heterocycles. The van der Waals surface area contributed by atoms with Gasteiger partial charge in [-0.2, -0.15) is 0 Å². The van der Waals surface area contributed by atoms with Crippen LogP contribution in [0.3, 0.4) is 0 Å². The number of carbonyl (C=O) groups excluding carboxylic acids is 3. The normalized spacial score (nSPS) is 12.5. The minimum Gasteiger partial charge on any atom is -0.290 e. The molecule has 0 atom stereocenters. The Morgan fingerprint density at radius 1 is 0.955 bits per heavy atom. The lowest BCUT2D eigenvalue weighted by Gasteiger charge is -2.12. The summed E-state index contributed by atoms with van der Waals surface area (Å²) in [4.78, 5) is 41.1. The van der Waals surface area contributed by atoms with E-state index in [1.165, 1.54) is 6.20 Å². The fraction of sp³-hybridized carbons (Fsp3) is 0.176. The molecular weight excluding hydrogens is 280 g/mol. The number of pyridine rings is 1. The lowest BCUT2D eigenvalue weighted by molar-refractivity contribution is 0.0623. The Kier molecular flexibility index (Phi) is 4.78. The van der Waals surface area contributed by atoms with Gasteiger partial charge in [-0.25, -0.2) is 0 Å². The lowest BCUT2D eigenvalue weighted by atomic mass is 10.1. The minimum absolute atomic E-state index is 0.240. The molecule has 0 bridgehead atoms. The van der Waals surface area contributed by atoms with Crippen LogP contribution in [0.15, 0.2) is 48.7 Å². The number of carbonyl (C=O) groups is 3. The van der Waals surface area contributed by atoms with Crippen molar-refractivity contribution in [2.75, 3.05) is 6.54 Å². The van der Waals surface area contributed by atoms with Crippen molar-refractivity contribution in [1.29, 1.82) is 0 Å². The highest BCUT2D eigenvalue weighted by Gasteiger charge is 2.36. The number of nitrogens with zero attached hydrogens (tertiary/aromatic N) is 2. The van der Waals surface area contributed by atoms with Crippen LogP contribution in [0.5, 0.6) is 0 Å². The molecule has 0 saturated carbocycles. The molecule has 0 N–H and O–H groups in total. The van der Waals surface area contributed by atoms with Crippen LogP contribution in [-0.4, -0.2) is 34.0 Å². The zero-order valence-corrected chi connectivity index (χ0v) is 12.4. The highest BCUT2D eigenvalue weighted by molar-refractivity contribution is 6.22. The van der Waals surface area contributed by atoms with Crippen LogP contribution in [0, 0.1) is 0 Å². The first-order valence-corrected chi connectivity index (χ1v) is 7.08. The molecule has 5 nitrogen and oxygen atoms in total. The molecule has 1 aromatic carbocycles. The maximum Gasteiger partial charge on any atom is 0.261 e. The van der Waals surface area contributed by atoms with Crippen LogP contribution in [0.4, 0.5) is 0 Å². The van der Waals surface area contributed by atoms with Crippen LogP contribution >= 0.6 is 0 Å². The lowest BCUT2D eigenvalue weighted by Crippen LogP contribution is -2.35. The van der Waals surface area contributed by atoms with Gasteiger partial charge in [-0.05, 0) is 24.3 Å². The van der Waals surface area contributed by atoms with Crippen LogP contribution < -0.4 is 0 Å². The van der Waals surface area contributed by atoms with Crippen LogP contribution in [-0.2, 0) is 0 Å². The van der Waals surface area contributed by atoms with Gasteiger partial charge in [0.25, 0.3) is 11.8 Å². The Morgan fingerprint density at radius 2 is 1.50 bits per heavy atom. The summed E-state index contributed by atoms with van der Waals surface area (Å²) in [6.07, 6.45) is 1.50. The van der Waals surface area contributed by atoms with E-state index >= 15 is 0 Å². The molecule has 0 fully saturated rings. The summed E-state index contributed by atoms with van der Waals surface area (Å²) >= 11 is 0. The summed E-state index contributed by atoms with van der Waals surface area (Å²) in [6, 6.07) is 11.5. The number of imide groups is 1.